The molecule has 30 heavy (non-hydrogen) atoms. The van der Waals surface area contributed by atoms with Gasteiger partial charge in [-0.25, -0.2) is 0 Å². The molecule has 1 amide bonds. The van der Waals surface area contributed by atoms with Crippen molar-refractivity contribution in [3.63, 3.8) is 0 Å². The summed E-state index contributed by atoms with van der Waals surface area (Å²) in [4.78, 5) is 18.9. The lowest BCUT2D eigenvalue weighted by Gasteiger charge is -2.19. The number of hydrogen-bond donors (Lipinski definition) is 0. The van der Waals surface area contributed by atoms with E-state index < -0.39 is 0 Å². The van der Waals surface area contributed by atoms with Crippen LogP contribution in [0.5, 0.6) is 17.2 Å². The van der Waals surface area contributed by atoms with Crippen molar-refractivity contribution < 1.29 is 23.5 Å². The SMILES string of the molecule is C=CCN(Cc1nc(-c2ccc(OC)c(OC)c2)no1)C(=O)c1ccc(OC)cc1. The van der Waals surface area contributed by atoms with Crippen LogP contribution in [0.4, 0.5) is 0 Å². The van der Waals surface area contributed by atoms with E-state index in [1.165, 1.54) is 0 Å². The Morgan fingerprint density at radius 1 is 1.07 bits per heavy atom. The van der Waals surface area contributed by atoms with Gasteiger partial charge >= 0.3 is 0 Å². The fourth-order valence-corrected chi connectivity index (χ4v) is 2.87. The molecule has 3 rings (SSSR count). The second-order valence-corrected chi connectivity index (χ2v) is 6.28. The van der Waals surface area contributed by atoms with Crippen molar-refractivity contribution in [2.45, 2.75) is 6.54 Å². The van der Waals surface area contributed by atoms with E-state index in [4.69, 9.17) is 18.7 Å². The number of hydrogen-bond acceptors (Lipinski definition) is 7. The standard InChI is InChI=1S/C22H23N3O5/c1-5-12-25(22(26)15-6-9-17(27-2)10-7-15)14-20-23-21(24-30-20)16-8-11-18(28-3)19(13-16)29-4/h5-11,13H,1,12,14H2,2-4H3. The Balaban J connectivity index is 1.79. The van der Waals surface area contributed by atoms with Crippen LogP contribution in [0.1, 0.15) is 16.2 Å². The summed E-state index contributed by atoms with van der Waals surface area (Å²) < 4.78 is 21.1. The zero-order chi connectivity index (χ0) is 21.5. The fraction of sp³-hybridized carbons (Fsp3) is 0.227. The van der Waals surface area contributed by atoms with Gasteiger partial charge in [-0.1, -0.05) is 11.2 Å². The predicted octanol–water partition coefficient (Wildman–Crippen LogP) is 3.59. The molecule has 0 atom stereocenters. The van der Waals surface area contributed by atoms with Gasteiger partial charge in [-0.2, -0.15) is 4.98 Å². The first-order valence-corrected chi connectivity index (χ1v) is 9.18. The van der Waals surface area contributed by atoms with Crippen LogP contribution in [-0.4, -0.2) is 48.8 Å². The highest BCUT2D eigenvalue weighted by molar-refractivity contribution is 5.94. The quantitative estimate of drug-likeness (QED) is 0.499. The number of methoxy groups -OCH3 is 3. The predicted molar refractivity (Wildman–Crippen MR) is 111 cm³/mol. The van der Waals surface area contributed by atoms with Gasteiger partial charge in [0.2, 0.25) is 11.7 Å². The molecule has 3 aromatic rings. The molecule has 0 unspecified atom stereocenters. The van der Waals surface area contributed by atoms with Crippen molar-refractivity contribution in [1.82, 2.24) is 15.0 Å². The summed E-state index contributed by atoms with van der Waals surface area (Å²) in [7, 11) is 4.70. The molecular weight excluding hydrogens is 386 g/mol. The zero-order valence-electron chi connectivity index (χ0n) is 17.1. The fourth-order valence-electron chi connectivity index (χ4n) is 2.87. The zero-order valence-corrected chi connectivity index (χ0v) is 17.1. The first kappa shape index (κ1) is 20.9. The maximum absolute atomic E-state index is 12.9. The van der Waals surface area contributed by atoms with Crippen LogP contribution in [0.3, 0.4) is 0 Å². The molecule has 0 saturated carbocycles. The number of ether oxygens (including phenoxy) is 3. The Morgan fingerprint density at radius 3 is 2.43 bits per heavy atom. The van der Waals surface area contributed by atoms with Crippen molar-refractivity contribution >= 4 is 5.91 Å². The Morgan fingerprint density at radius 2 is 1.80 bits per heavy atom. The van der Waals surface area contributed by atoms with Crippen LogP contribution < -0.4 is 14.2 Å². The van der Waals surface area contributed by atoms with Crippen molar-refractivity contribution in [3.05, 3.63) is 66.6 Å². The van der Waals surface area contributed by atoms with E-state index in [2.05, 4.69) is 16.7 Å². The average molecular weight is 409 g/mol. The number of rotatable bonds is 9. The summed E-state index contributed by atoms with van der Waals surface area (Å²) in [6.07, 6.45) is 1.65. The summed E-state index contributed by atoms with van der Waals surface area (Å²) in [5.41, 5.74) is 1.23. The molecule has 2 aromatic carbocycles. The Bertz CT molecular complexity index is 1010. The van der Waals surface area contributed by atoms with Gasteiger partial charge in [-0.15, -0.1) is 6.58 Å². The maximum atomic E-state index is 12.9. The Kier molecular flexibility index (Phi) is 6.69. The van der Waals surface area contributed by atoms with Gasteiger partial charge in [0.15, 0.2) is 11.5 Å². The number of carbonyl (C=O) groups excluding carboxylic acids is 1. The molecule has 0 aliphatic carbocycles. The highest BCUT2D eigenvalue weighted by Crippen LogP contribution is 2.31. The Hall–Kier alpha value is -3.81. The number of nitrogens with zero attached hydrogens (tertiary/aromatic N) is 3. The highest BCUT2D eigenvalue weighted by Gasteiger charge is 2.19. The lowest BCUT2D eigenvalue weighted by Crippen LogP contribution is -2.30. The summed E-state index contributed by atoms with van der Waals surface area (Å²) in [6.45, 7) is 4.21. The number of benzene rings is 2. The third-order valence-electron chi connectivity index (χ3n) is 4.41. The third-order valence-corrected chi connectivity index (χ3v) is 4.41. The third kappa shape index (κ3) is 4.60. The van der Waals surface area contributed by atoms with Crippen LogP contribution in [0.15, 0.2) is 59.6 Å². The van der Waals surface area contributed by atoms with E-state index in [-0.39, 0.29) is 12.5 Å². The molecule has 1 heterocycles. The van der Waals surface area contributed by atoms with Crippen molar-refractivity contribution in [3.8, 4) is 28.6 Å². The van der Waals surface area contributed by atoms with Gasteiger partial charge in [0.1, 0.15) is 12.3 Å². The van der Waals surface area contributed by atoms with Gasteiger partial charge in [-0.3, -0.25) is 4.79 Å². The van der Waals surface area contributed by atoms with Crippen molar-refractivity contribution in [1.29, 1.82) is 0 Å². The molecule has 8 heteroatoms. The molecule has 0 bridgehead atoms. The Labute approximate surface area is 174 Å². The van der Waals surface area contributed by atoms with Crippen LogP contribution in [0.2, 0.25) is 0 Å². The summed E-state index contributed by atoms with van der Waals surface area (Å²) >= 11 is 0. The van der Waals surface area contributed by atoms with Gasteiger partial charge in [0, 0.05) is 17.7 Å². The van der Waals surface area contributed by atoms with E-state index in [1.54, 1.807) is 74.8 Å². The molecule has 0 aliphatic rings. The lowest BCUT2D eigenvalue weighted by molar-refractivity contribution is 0.0745. The molecule has 0 N–H and O–H groups in total. The molecule has 0 saturated heterocycles. The maximum Gasteiger partial charge on any atom is 0.254 e. The van der Waals surface area contributed by atoms with Crippen LogP contribution in [-0.2, 0) is 6.54 Å². The van der Waals surface area contributed by atoms with Crippen LogP contribution >= 0.6 is 0 Å². The minimum Gasteiger partial charge on any atom is -0.497 e. The normalized spacial score (nSPS) is 10.4. The topological polar surface area (TPSA) is 86.9 Å². The molecule has 1 aromatic heterocycles. The van der Waals surface area contributed by atoms with E-state index in [0.29, 0.717) is 46.6 Å². The van der Waals surface area contributed by atoms with Gasteiger partial charge in [0.25, 0.3) is 5.91 Å². The monoisotopic (exact) mass is 409 g/mol. The summed E-state index contributed by atoms with van der Waals surface area (Å²) in [6, 6.07) is 12.2. The number of amides is 1. The van der Waals surface area contributed by atoms with E-state index in [9.17, 15) is 4.79 Å². The summed E-state index contributed by atoms with van der Waals surface area (Å²) in [5.74, 6) is 2.36. The van der Waals surface area contributed by atoms with E-state index in [0.717, 1.165) is 0 Å². The van der Waals surface area contributed by atoms with Crippen molar-refractivity contribution in [2.75, 3.05) is 27.9 Å². The molecule has 0 radical (unpaired) electrons. The molecule has 0 fully saturated rings. The molecule has 0 spiro atoms. The van der Waals surface area contributed by atoms with Crippen molar-refractivity contribution in [2.24, 2.45) is 0 Å². The van der Waals surface area contributed by atoms with Gasteiger partial charge in [-0.05, 0) is 42.5 Å². The van der Waals surface area contributed by atoms with Gasteiger partial charge < -0.3 is 23.6 Å². The minimum atomic E-state index is -0.177. The average Bonchev–Trinajstić information content (AvgIpc) is 3.26. The second kappa shape index (κ2) is 9.60. The smallest absolute Gasteiger partial charge is 0.254 e. The number of carbonyl (C=O) groups is 1. The van der Waals surface area contributed by atoms with Gasteiger partial charge in [0.05, 0.1) is 21.3 Å². The molecule has 0 aliphatic heterocycles. The van der Waals surface area contributed by atoms with E-state index in [1.807, 2.05) is 0 Å². The summed E-state index contributed by atoms with van der Waals surface area (Å²) in [5, 5.41) is 4.02. The lowest BCUT2D eigenvalue weighted by atomic mass is 10.2. The molecule has 8 nitrogen and oxygen atoms in total. The number of aromatic nitrogens is 2. The largest absolute Gasteiger partial charge is 0.497 e. The molecule has 156 valence electrons. The van der Waals surface area contributed by atoms with E-state index >= 15 is 0 Å². The first-order chi connectivity index (χ1) is 14.6. The second-order valence-electron chi connectivity index (χ2n) is 6.28. The minimum absolute atomic E-state index is 0.150. The highest BCUT2D eigenvalue weighted by atomic mass is 16.5. The molecular formula is C22H23N3O5. The van der Waals surface area contributed by atoms with Crippen LogP contribution in [0, 0.1) is 0 Å². The first-order valence-electron chi connectivity index (χ1n) is 9.18. The van der Waals surface area contributed by atoms with Crippen LogP contribution in [0.25, 0.3) is 11.4 Å².